The summed E-state index contributed by atoms with van der Waals surface area (Å²) in [6.45, 7) is 1.60. The number of aryl methyl sites for hydroxylation is 1. The molecule has 1 aromatic rings. The number of ether oxygens (including phenoxy) is 1. The SMILES string of the molecule is Cc1cc([N+](=O)[O-])ccc1OCC(N)C(N)=O. The zero-order valence-corrected chi connectivity index (χ0v) is 9.25. The van der Waals surface area contributed by atoms with Gasteiger partial charge in [0.2, 0.25) is 5.91 Å². The van der Waals surface area contributed by atoms with Gasteiger partial charge in [0.05, 0.1) is 4.92 Å². The van der Waals surface area contributed by atoms with Crippen molar-refractivity contribution >= 4 is 11.6 Å². The van der Waals surface area contributed by atoms with Crippen molar-refractivity contribution in [1.82, 2.24) is 0 Å². The molecule has 1 aromatic carbocycles. The van der Waals surface area contributed by atoms with E-state index in [4.69, 9.17) is 16.2 Å². The van der Waals surface area contributed by atoms with Crippen LogP contribution in [-0.4, -0.2) is 23.5 Å². The van der Waals surface area contributed by atoms with Crippen LogP contribution in [0.1, 0.15) is 5.56 Å². The number of nitro benzene ring substituents is 1. The molecule has 0 bridgehead atoms. The first-order valence-corrected chi connectivity index (χ1v) is 4.84. The number of nitrogens with two attached hydrogens (primary N) is 2. The molecule has 4 N–H and O–H groups in total. The number of rotatable bonds is 5. The third kappa shape index (κ3) is 3.42. The maximum atomic E-state index is 10.7. The molecule has 1 unspecified atom stereocenters. The van der Waals surface area contributed by atoms with E-state index in [0.717, 1.165) is 0 Å². The highest BCUT2D eigenvalue weighted by Gasteiger charge is 2.12. The topological polar surface area (TPSA) is 121 Å². The fraction of sp³-hybridized carbons (Fsp3) is 0.300. The molecule has 0 spiro atoms. The normalized spacial score (nSPS) is 11.9. The molecular weight excluding hydrogens is 226 g/mol. The van der Waals surface area contributed by atoms with Gasteiger partial charge in [-0.2, -0.15) is 0 Å². The average molecular weight is 239 g/mol. The van der Waals surface area contributed by atoms with Gasteiger partial charge >= 0.3 is 0 Å². The number of amides is 1. The summed E-state index contributed by atoms with van der Waals surface area (Å²) >= 11 is 0. The lowest BCUT2D eigenvalue weighted by molar-refractivity contribution is -0.384. The van der Waals surface area contributed by atoms with E-state index >= 15 is 0 Å². The molecule has 0 fully saturated rings. The Morgan fingerprint density at radius 3 is 2.71 bits per heavy atom. The smallest absolute Gasteiger partial charge is 0.269 e. The Labute approximate surface area is 97.5 Å². The quantitative estimate of drug-likeness (QED) is 0.557. The van der Waals surface area contributed by atoms with E-state index in [1.54, 1.807) is 6.92 Å². The minimum atomic E-state index is -0.899. The molecule has 0 saturated heterocycles. The third-order valence-corrected chi connectivity index (χ3v) is 2.15. The van der Waals surface area contributed by atoms with Gasteiger partial charge < -0.3 is 16.2 Å². The number of carbonyl (C=O) groups is 1. The van der Waals surface area contributed by atoms with Crippen molar-refractivity contribution in [3.8, 4) is 5.75 Å². The molecule has 7 heteroatoms. The Hall–Kier alpha value is -2.15. The standard InChI is InChI=1S/C10H13N3O4/c1-6-4-7(13(15)16)2-3-9(6)17-5-8(11)10(12)14/h2-4,8H,5,11H2,1H3,(H2,12,14). The highest BCUT2D eigenvalue weighted by atomic mass is 16.6. The molecule has 17 heavy (non-hydrogen) atoms. The predicted molar refractivity (Wildman–Crippen MR) is 60.5 cm³/mol. The van der Waals surface area contributed by atoms with E-state index in [9.17, 15) is 14.9 Å². The van der Waals surface area contributed by atoms with Crippen molar-refractivity contribution in [2.45, 2.75) is 13.0 Å². The van der Waals surface area contributed by atoms with E-state index in [2.05, 4.69) is 0 Å². The second-order valence-electron chi connectivity index (χ2n) is 3.53. The van der Waals surface area contributed by atoms with Crippen LogP contribution in [0, 0.1) is 17.0 Å². The monoisotopic (exact) mass is 239 g/mol. The van der Waals surface area contributed by atoms with Crippen molar-refractivity contribution < 1.29 is 14.5 Å². The fourth-order valence-electron chi connectivity index (χ4n) is 1.17. The van der Waals surface area contributed by atoms with Crippen LogP contribution >= 0.6 is 0 Å². The molecule has 0 heterocycles. The van der Waals surface area contributed by atoms with Crippen LogP contribution in [0.2, 0.25) is 0 Å². The van der Waals surface area contributed by atoms with E-state index in [1.165, 1.54) is 18.2 Å². The van der Waals surface area contributed by atoms with Gasteiger partial charge in [-0.15, -0.1) is 0 Å². The summed E-state index contributed by atoms with van der Waals surface area (Å²) in [6, 6.07) is 3.26. The third-order valence-electron chi connectivity index (χ3n) is 2.15. The van der Waals surface area contributed by atoms with Gasteiger partial charge in [0.25, 0.3) is 5.69 Å². The molecule has 0 aliphatic heterocycles. The lowest BCUT2D eigenvalue weighted by Gasteiger charge is -2.11. The fourth-order valence-corrected chi connectivity index (χ4v) is 1.17. The van der Waals surface area contributed by atoms with Gasteiger partial charge in [-0.3, -0.25) is 14.9 Å². The van der Waals surface area contributed by atoms with Crippen molar-refractivity contribution in [2.75, 3.05) is 6.61 Å². The first-order chi connectivity index (χ1) is 7.91. The number of nitrogens with zero attached hydrogens (tertiary/aromatic N) is 1. The first-order valence-electron chi connectivity index (χ1n) is 4.84. The summed E-state index contributed by atoms with van der Waals surface area (Å²) in [4.78, 5) is 20.7. The van der Waals surface area contributed by atoms with E-state index in [-0.39, 0.29) is 12.3 Å². The van der Waals surface area contributed by atoms with Crippen LogP contribution in [0.4, 0.5) is 5.69 Å². The van der Waals surface area contributed by atoms with Crippen LogP contribution in [0.3, 0.4) is 0 Å². The summed E-state index contributed by atoms with van der Waals surface area (Å²) < 4.78 is 5.25. The Morgan fingerprint density at radius 1 is 1.59 bits per heavy atom. The zero-order chi connectivity index (χ0) is 13.0. The number of benzene rings is 1. The van der Waals surface area contributed by atoms with Gasteiger partial charge in [0, 0.05) is 12.1 Å². The number of carbonyl (C=O) groups excluding carboxylic acids is 1. The van der Waals surface area contributed by atoms with E-state index in [0.29, 0.717) is 11.3 Å². The average Bonchev–Trinajstić information content (AvgIpc) is 2.26. The molecule has 0 radical (unpaired) electrons. The number of hydrogen-bond donors (Lipinski definition) is 2. The van der Waals surface area contributed by atoms with Crippen LogP contribution in [0.5, 0.6) is 5.75 Å². The summed E-state index contributed by atoms with van der Waals surface area (Å²) in [7, 11) is 0. The lowest BCUT2D eigenvalue weighted by atomic mass is 10.2. The predicted octanol–water partition coefficient (Wildman–Crippen LogP) is 0.0946. The molecule has 92 valence electrons. The van der Waals surface area contributed by atoms with Gasteiger partial charge in [0.1, 0.15) is 18.4 Å². The minimum absolute atomic E-state index is 0.0194. The Kier molecular flexibility index (Phi) is 4.00. The molecule has 0 aliphatic carbocycles. The first kappa shape index (κ1) is 12.9. The van der Waals surface area contributed by atoms with Crippen LogP contribution in [0.15, 0.2) is 18.2 Å². The van der Waals surface area contributed by atoms with E-state index < -0.39 is 16.9 Å². The molecule has 1 atom stereocenters. The summed E-state index contributed by atoms with van der Waals surface area (Å²) in [5.41, 5.74) is 10.9. The lowest BCUT2D eigenvalue weighted by Crippen LogP contribution is -2.41. The molecule has 1 amide bonds. The summed E-state index contributed by atoms with van der Waals surface area (Å²) in [5, 5.41) is 10.5. The summed E-state index contributed by atoms with van der Waals surface area (Å²) in [6.07, 6.45) is 0. The second-order valence-corrected chi connectivity index (χ2v) is 3.53. The van der Waals surface area contributed by atoms with Crippen molar-refractivity contribution in [2.24, 2.45) is 11.5 Å². The van der Waals surface area contributed by atoms with Gasteiger partial charge in [0.15, 0.2) is 0 Å². The largest absolute Gasteiger partial charge is 0.491 e. The number of hydrogen-bond acceptors (Lipinski definition) is 5. The van der Waals surface area contributed by atoms with Gasteiger partial charge in [-0.05, 0) is 18.6 Å². The zero-order valence-electron chi connectivity index (χ0n) is 9.25. The van der Waals surface area contributed by atoms with Crippen molar-refractivity contribution in [3.63, 3.8) is 0 Å². The Morgan fingerprint density at radius 2 is 2.24 bits per heavy atom. The highest BCUT2D eigenvalue weighted by Crippen LogP contribution is 2.23. The van der Waals surface area contributed by atoms with Gasteiger partial charge in [-0.1, -0.05) is 0 Å². The van der Waals surface area contributed by atoms with Gasteiger partial charge in [-0.25, -0.2) is 0 Å². The molecule has 0 aliphatic rings. The number of nitro groups is 1. The van der Waals surface area contributed by atoms with Crippen LogP contribution in [0.25, 0.3) is 0 Å². The maximum Gasteiger partial charge on any atom is 0.269 e. The highest BCUT2D eigenvalue weighted by molar-refractivity contribution is 5.79. The van der Waals surface area contributed by atoms with E-state index in [1.807, 2.05) is 0 Å². The number of primary amides is 1. The van der Waals surface area contributed by atoms with Crippen LogP contribution in [-0.2, 0) is 4.79 Å². The molecule has 1 rings (SSSR count). The molecule has 0 aromatic heterocycles. The molecule has 0 saturated carbocycles. The maximum absolute atomic E-state index is 10.7. The van der Waals surface area contributed by atoms with Crippen molar-refractivity contribution in [3.05, 3.63) is 33.9 Å². The van der Waals surface area contributed by atoms with Crippen LogP contribution < -0.4 is 16.2 Å². The minimum Gasteiger partial charge on any atom is -0.491 e. The summed E-state index contributed by atoms with van der Waals surface area (Å²) in [5.74, 6) is -0.225. The second kappa shape index (κ2) is 5.26. The number of non-ortho nitro benzene ring substituents is 1. The molecule has 7 nitrogen and oxygen atoms in total. The molecular formula is C10H13N3O4. The Bertz CT molecular complexity index is 447. The Balaban J connectivity index is 2.73. The van der Waals surface area contributed by atoms with Crippen molar-refractivity contribution in [1.29, 1.82) is 0 Å².